The number of ether oxygens (including phenoxy) is 1. The number of benzene rings is 2. The number of hydrogen-bond donors (Lipinski definition) is 2. The molecular formula is C20H18F6N2O. The highest BCUT2D eigenvalue weighted by atomic mass is 19.3. The van der Waals surface area contributed by atoms with Crippen molar-refractivity contribution in [3.63, 3.8) is 0 Å². The molecule has 0 aliphatic carbocycles. The first-order valence-electron chi connectivity index (χ1n) is 8.80. The molecule has 9 heteroatoms. The Kier molecular flexibility index (Phi) is 6.36. The van der Waals surface area contributed by atoms with Crippen LogP contribution in [0, 0.1) is 11.6 Å². The topological polar surface area (TPSA) is 37.0 Å². The lowest BCUT2D eigenvalue weighted by molar-refractivity contribution is -0.148. The fourth-order valence-electron chi connectivity index (χ4n) is 2.86. The molecule has 2 N–H and O–H groups in total. The number of hydrogen-bond acceptors (Lipinski definition) is 2. The number of aromatic nitrogens is 1. The third-order valence-electron chi connectivity index (χ3n) is 4.34. The molecule has 156 valence electrons. The fourth-order valence-corrected chi connectivity index (χ4v) is 2.86. The van der Waals surface area contributed by atoms with Crippen molar-refractivity contribution in [3.8, 4) is 5.75 Å². The molecule has 1 heterocycles. The van der Waals surface area contributed by atoms with Crippen LogP contribution in [0.5, 0.6) is 5.75 Å². The predicted molar refractivity (Wildman–Crippen MR) is 96.5 cm³/mol. The molecule has 3 nitrogen and oxygen atoms in total. The molecule has 0 amide bonds. The molecule has 0 radical (unpaired) electrons. The van der Waals surface area contributed by atoms with Crippen LogP contribution in [0.15, 0.2) is 42.6 Å². The lowest BCUT2D eigenvalue weighted by Crippen LogP contribution is -2.33. The average molecular weight is 416 g/mol. The van der Waals surface area contributed by atoms with Crippen LogP contribution < -0.4 is 10.1 Å². The van der Waals surface area contributed by atoms with E-state index in [0.29, 0.717) is 30.5 Å². The van der Waals surface area contributed by atoms with E-state index in [0.717, 1.165) is 11.6 Å². The predicted octanol–water partition coefficient (Wildman–Crippen LogP) is 5.06. The van der Waals surface area contributed by atoms with Gasteiger partial charge in [0.25, 0.3) is 0 Å². The summed E-state index contributed by atoms with van der Waals surface area (Å²) in [6, 6.07) is 8.25. The quantitative estimate of drug-likeness (QED) is 0.378. The number of H-pyrrole nitrogens is 1. The zero-order chi connectivity index (χ0) is 21.0. The molecule has 0 atom stereocenters. The van der Waals surface area contributed by atoms with Gasteiger partial charge in [-0.05, 0) is 42.3 Å². The Hall–Kier alpha value is -2.68. The summed E-state index contributed by atoms with van der Waals surface area (Å²) in [5.74, 6) is -5.47. The summed E-state index contributed by atoms with van der Waals surface area (Å²) in [5.41, 5.74) is 1.70. The Labute approximate surface area is 162 Å². The fraction of sp³-hybridized carbons (Fsp3) is 0.300. The highest BCUT2D eigenvalue weighted by Crippen LogP contribution is 2.25. The van der Waals surface area contributed by atoms with Gasteiger partial charge in [0.15, 0.2) is 6.61 Å². The van der Waals surface area contributed by atoms with Gasteiger partial charge in [-0.1, -0.05) is 12.1 Å². The van der Waals surface area contributed by atoms with E-state index in [2.05, 4.69) is 10.3 Å². The van der Waals surface area contributed by atoms with Crippen LogP contribution in [-0.2, 0) is 13.0 Å². The third-order valence-corrected chi connectivity index (χ3v) is 4.34. The number of nitrogens with one attached hydrogen (secondary N) is 2. The maximum atomic E-state index is 13.7. The number of alkyl halides is 4. The second kappa shape index (κ2) is 8.77. The highest BCUT2D eigenvalue weighted by molar-refractivity contribution is 5.83. The second-order valence-corrected chi connectivity index (χ2v) is 6.55. The minimum absolute atomic E-state index is 0.0622. The van der Waals surface area contributed by atoms with Gasteiger partial charge in [-0.3, -0.25) is 0 Å². The van der Waals surface area contributed by atoms with Crippen LogP contribution in [0.1, 0.15) is 11.1 Å². The van der Waals surface area contributed by atoms with Gasteiger partial charge < -0.3 is 15.0 Å². The van der Waals surface area contributed by atoms with Gasteiger partial charge in [-0.25, -0.2) is 17.6 Å². The molecule has 1 aromatic heterocycles. The number of rotatable bonds is 9. The molecule has 2 aromatic carbocycles. The molecule has 3 rings (SSSR count). The summed E-state index contributed by atoms with van der Waals surface area (Å²) in [6.45, 7) is -0.553. The first kappa shape index (κ1) is 21.0. The standard InChI is InChI=1S/C20H18F6N2O/c21-14-7-16-13(10-28-18(16)17(22)8-14)4-5-27-9-12-2-1-3-15(6-12)29-11-20(25,26)19(23)24/h1-3,6-8,10,19,27-28H,4-5,9,11H2. The monoisotopic (exact) mass is 416 g/mol. The van der Waals surface area contributed by atoms with Crippen LogP contribution in [0.2, 0.25) is 0 Å². The van der Waals surface area contributed by atoms with Crippen molar-refractivity contribution in [2.45, 2.75) is 25.3 Å². The van der Waals surface area contributed by atoms with Crippen LogP contribution in [0.4, 0.5) is 26.3 Å². The molecular weight excluding hydrogens is 398 g/mol. The van der Waals surface area contributed by atoms with E-state index in [4.69, 9.17) is 4.74 Å². The molecule has 3 aromatic rings. The van der Waals surface area contributed by atoms with E-state index in [1.807, 2.05) is 0 Å². The van der Waals surface area contributed by atoms with Gasteiger partial charge in [0.1, 0.15) is 17.4 Å². The van der Waals surface area contributed by atoms with Crippen molar-refractivity contribution in [2.75, 3.05) is 13.2 Å². The Bertz CT molecular complexity index is 973. The molecule has 0 spiro atoms. The largest absolute Gasteiger partial charge is 0.487 e. The Morgan fingerprint density at radius 1 is 1.10 bits per heavy atom. The van der Waals surface area contributed by atoms with Crippen molar-refractivity contribution >= 4 is 10.9 Å². The number of fused-ring (bicyclic) bond motifs is 1. The van der Waals surface area contributed by atoms with Gasteiger partial charge in [-0.2, -0.15) is 8.78 Å². The SMILES string of the molecule is Fc1cc(F)c2[nH]cc(CCNCc3cccc(OCC(F)(F)C(F)F)c3)c2c1. The summed E-state index contributed by atoms with van der Waals surface area (Å²) in [6.07, 6.45) is -1.68. The highest BCUT2D eigenvalue weighted by Gasteiger charge is 2.41. The van der Waals surface area contributed by atoms with E-state index in [9.17, 15) is 26.3 Å². The van der Waals surface area contributed by atoms with Crippen molar-refractivity contribution < 1.29 is 31.1 Å². The van der Waals surface area contributed by atoms with Crippen molar-refractivity contribution in [2.24, 2.45) is 0 Å². The average Bonchev–Trinajstić information content (AvgIpc) is 3.07. The van der Waals surface area contributed by atoms with Crippen molar-refractivity contribution in [3.05, 3.63) is 65.4 Å². The van der Waals surface area contributed by atoms with Gasteiger partial charge in [-0.15, -0.1) is 0 Å². The summed E-state index contributed by atoms with van der Waals surface area (Å²) in [4.78, 5) is 2.78. The molecule has 0 bridgehead atoms. The minimum atomic E-state index is -4.22. The number of aromatic amines is 1. The molecule has 0 fully saturated rings. The van der Waals surface area contributed by atoms with Gasteiger partial charge in [0, 0.05) is 24.2 Å². The zero-order valence-corrected chi connectivity index (χ0v) is 15.1. The van der Waals surface area contributed by atoms with Crippen LogP contribution in [-0.4, -0.2) is 30.5 Å². The zero-order valence-electron chi connectivity index (χ0n) is 15.1. The first-order chi connectivity index (χ1) is 13.8. The van der Waals surface area contributed by atoms with E-state index in [1.165, 1.54) is 18.2 Å². The molecule has 0 unspecified atom stereocenters. The van der Waals surface area contributed by atoms with Crippen LogP contribution in [0.3, 0.4) is 0 Å². The van der Waals surface area contributed by atoms with Gasteiger partial charge in [0.05, 0.1) is 5.52 Å². The summed E-state index contributed by atoms with van der Waals surface area (Å²) in [5, 5.41) is 3.60. The molecule has 0 saturated heterocycles. The van der Waals surface area contributed by atoms with Crippen LogP contribution >= 0.6 is 0 Å². The smallest absolute Gasteiger partial charge is 0.340 e. The van der Waals surface area contributed by atoms with Gasteiger partial charge >= 0.3 is 12.3 Å². The maximum Gasteiger partial charge on any atom is 0.340 e. The molecule has 0 saturated carbocycles. The minimum Gasteiger partial charge on any atom is -0.487 e. The first-order valence-corrected chi connectivity index (χ1v) is 8.80. The molecule has 0 aliphatic rings. The van der Waals surface area contributed by atoms with E-state index >= 15 is 0 Å². The summed E-state index contributed by atoms with van der Waals surface area (Å²) >= 11 is 0. The maximum absolute atomic E-state index is 13.7. The van der Waals surface area contributed by atoms with Gasteiger partial charge in [0.2, 0.25) is 0 Å². The summed E-state index contributed by atoms with van der Waals surface area (Å²) < 4.78 is 82.1. The van der Waals surface area contributed by atoms with Crippen LogP contribution in [0.25, 0.3) is 10.9 Å². The molecule has 0 aliphatic heterocycles. The lowest BCUT2D eigenvalue weighted by Gasteiger charge is -2.16. The number of halogens is 6. The van der Waals surface area contributed by atoms with Crippen molar-refractivity contribution in [1.82, 2.24) is 10.3 Å². The Morgan fingerprint density at radius 3 is 2.66 bits per heavy atom. The normalized spacial score (nSPS) is 12.1. The third kappa shape index (κ3) is 5.23. The lowest BCUT2D eigenvalue weighted by atomic mass is 10.1. The van der Waals surface area contributed by atoms with E-state index in [1.54, 1.807) is 18.3 Å². The Morgan fingerprint density at radius 2 is 1.90 bits per heavy atom. The second-order valence-electron chi connectivity index (χ2n) is 6.55. The Balaban J connectivity index is 1.52. The van der Waals surface area contributed by atoms with E-state index in [-0.39, 0.29) is 11.3 Å². The van der Waals surface area contributed by atoms with Crippen molar-refractivity contribution in [1.29, 1.82) is 0 Å². The summed E-state index contributed by atoms with van der Waals surface area (Å²) in [7, 11) is 0. The van der Waals surface area contributed by atoms with E-state index < -0.39 is 30.6 Å². The molecule has 29 heavy (non-hydrogen) atoms.